The molecule has 0 saturated heterocycles. The van der Waals surface area contributed by atoms with Gasteiger partial charge in [0.1, 0.15) is 5.82 Å². The number of hydrogen-bond donors (Lipinski definition) is 0. The largest absolute Gasteiger partial charge is 0.293 e. The van der Waals surface area contributed by atoms with Crippen molar-refractivity contribution in [3.05, 3.63) is 64.0 Å². The van der Waals surface area contributed by atoms with E-state index in [4.69, 9.17) is 15.0 Å². The second kappa shape index (κ2) is 8.10. The van der Waals surface area contributed by atoms with Gasteiger partial charge in [0, 0.05) is 60.4 Å². The zero-order valence-electron chi connectivity index (χ0n) is 16.2. The maximum absolute atomic E-state index is 4.97. The van der Waals surface area contributed by atoms with Crippen molar-refractivity contribution in [2.45, 2.75) is 57.5 Å². The zero-order valence-corrected chi connectivity index (χ0v) is 17.0. The molecule has 1 aliphatic heterocycles. The van der Waals surface area contributed by atoms with Crippen LogP contribution in [0.5, 0.6) is 0 Å². The van der Waals surface area contributed by atoms with E-state index < -0.39 is 0 Å². The van der Waals surface area contributed by atoms with Crippen molar-refractivity contribution in [1.29, 1.82) is 0 Å². The predicted octanol–water partition coefficient (Wildman–Crippen LogP) is 5.21. The summed E-state index contributed by atoms with van der Waals surface area (Å²) in [4.78, 5) is 17.1. The van der Waals surface area contributed by atoms with E-state index in [-0.39, 0.29) is 0 Å². The van der Waals surface area contributed by atoms with Gasteiger partial charge in [0.15, 0.2) is 0 Å². The molecule has 0 N–H and O–H groups in total. The number of nitrogens with zero attached hydrogens (tertiary/aromatic N) is 4. The fourth-order valence-electron chi connectivity index (χ4n) is 4.45. The van der Waals surface area contributed by atoms with Gasteiger partial charge in [0.05, 0.1) is 11.4 Å². The van der Waals surface area contributed by atoms with E-state index in [1.165, 1.54) is 48.9 Å². The second-order valence-corrected chi connectivity index (χ2v) is 8.80. The molecule has 0 amide bonds. The zero-order chi connectivity index (χ0) is 18.8. The van der Waals surface area contributed by atoms with Crippen molar-refractivity contribution in [2.75, 3.05) is 6.54 Å². The third-order valence-electron chi connectivity index (χ3n) is 6.01. The summed E-state index contributed by atoms with van der Waals surface area (Å²) in [6.45, 7) is 2.84. The number of hydrogen-bond acceptors (Lipinski definition) is 5. The fourth-order valence-corrected chi connectivity index (χ4v) is 5.10. The van der Waals surface area contributed by atoms with Crippen molar-refractivity contribution in [1.82, 2.24) is 19.9 Å². The molecular weight excluding hydrogens is 364 g/mol. The summed E-state index contributed by atoms with van der Waals surface area (Å²) < 4.78 is 0. The molecule has 1 fully saturated rings. The number of thiophene rings is 1. The molecule has 0 spiro atoms. The normalized spacial score (nSPS) is 18.1. The SMILES string of the molecule is c1cc(CN2CCc3nc(C4CCCCC4)ncc3C2)nc(-c2ccsc2)c1. The highest BCUT2D eigenvalue weighted by Crippen LogP contribution is 2.31. The van der Waals surface area contributed by atoms with Crippen LogP contribution in [0.3, 0.4) is 0 Å². The smallest absolute Gasteiger partial charge is 0.131 e. The van der Waals surface area contributed by atoms with Crippen LogP contribution in [0.15, 0.2) is 41.2 Å². The third-order valence-corrected chi connectivity index (χ3v) is 6.69. The molecule has 144 valence electrons. The number of rotatable bonds is 4. The molecular formula is C23H26N4S. The third kappa shape index (κ3) is 3.87. The quantitative estimate of drug-likeness (QED) is 0.613. The standard InChI is InChI=1S/C23H26N4S/c1-2-5-17(6-3-1)23-24-13-19-14-27(11-9-22(19)26-23)15-20-7-4-8-21(25-20)18-10-12-28-16-18/h4,7-8,10,12-13,16-17H,1-3,5-6,9,11,14-15H2. The van der Waals surface area contributed by atoms with Gasteiger partial charge in [0.25, 0.3) is 0 Å². The predicted molar refractivity (Wildman–Crippen MR) is 113 cm³/mol. The van der Waals surface area contributed by atoms with E-state index in [2.05, 4.69) is 46.1 Å². The number of pyridine rings is 1. The summed E-state index contributed by atoms with van der Waals surface area (Å²) in [7, 11) is 0. The molecule has 0 bridgehead atoms. The van der Waals surface area contributed by atoms with Gasteiger partial charge in [-0.2, -0.15) is 11.3 Å². The number of fused-ring (bicyclic) bond motifs is 1. The molecule has 5 rings (SSSR count). The lowest BCUT2D eigenvalue weighted by molar-refractivity contribution is 0.239. The van der Waals surface area contributed by atoms with Crippen molar-refractivity contribution >= 4 is 11.3 Å². The van der Waals surface area contributed by atoms with E-state index in [0.717, 1.165) is 43.3 Å². The van der Waals surface area contributed by atoms with Crippen LogP contribution in [0.2, 0.25) is 0 Å². The summed E-state index contributed by atoms with van der Waals surface area (Å²) in [5.74, 6) is 1.68. The molecule has 0 radical (unpaired) electrons. The number of aromatic nitrogens is 3. The minimum Gasteiger partial charge on any atom is -0.293 e. The van der Waals surface area contributed by atoms with Crippen LogP contribution >= 0.6 is 11.3 Å². The minimum atomic E-state index is 0.584. The maximum Gasteiger partial charge on any atom is 0.131 e. The highest BCUT2D eigenvalue weighted by molar-refractivity contribution is 7.08. The molecule has 4 heterocycles. The van der Waals surface area contributed by atoms with E-state index in [1.807, 2.05) is 0 Å². The Labute approximate surface area is 170 Å². The molecule has 3 aromatic rings. The van der Waals surface area contributed by atoms with Crippen LogP contribution in [0.25, 0.3) is 11.3 Å². The molecule has 4 nitrogen and oxygen atoms in total. The summed E-state index contributed by atoms with van der Waals surface area (Å²) >= 11 is 1.72. The lowest BCUT2D eigenvalue weighted by Crippen LogP contribution is -2.31. The van der Waals surface area contributed by atoms with Crippen LogP contribution in [0.1, 0.15) is 60.8 Å². The van der Waals surface area contributed by atoms with Gasteiger partial charge >= 0.3 is 0 Å². The summed E-state index contributed by atoms with van der Waals surface area (Å²) in [6, 6.07) is 8.48. The first-order valence-electron chi connectivity index (χ1n) is 10.4. The Hall–Kier alpha value is -2.11. The Balaban J connectivity index is 1.28. The average Bonchev–Trinajstić information content (AvgIpc) is 3.29. The molecule has 0 atom stereocenters. The first kappa shape index (κ1) is 18.0. The molecule has 1 aliphatic carbocycles. The van der Waals surface area contributed by atoms with E-state index in [0.29, 0.717) is 5.92 Å². The van der Waals surface area contributed by atoms with Gasteiger partial charge in [-0.05, 0) is 36.4 Å². The Morgan fingerprint density at radius 2 is 2.00 bits per heavy atom. The summed E-state index contributed by atoms with van der Waals surface area (Å²) in [5, 5.41) is 4.26. The highest BCUT2D eigenvalue weighted by Gasteiger charge is 2.23. The van der Waals surface area contributed by atoms with Crippen molar-refractivity contribution in [2.24, 2.45) is 0 Å². The van der Waals surface area contributed by atoms with Crippen molar-refractivity contribution in [3.63, 3.8) is 0 Å². The minimum absolute atomic E-state index is 0.584. The van der Waals surface area contributed by atoms with Crippen molar-refractivity contribution < 1.29 is 0 Å². The Kier molecular flexibility index (Phi) is 5.19. The van der Waals surface area contributed by atoms with Crippen LogP contribution in [0, 0.1) is 0 Å². The summed E-state index contributed by atoms with van der Waals surface area (Å²) in [5.41, 5.74) is 5.97. The van der Waals surface area contributed by atoms with Crippen LogP contribution < -0.4 is 0 Å². The molecule has 5 heteroatoms. The average molecular weight is 391 g/mol. The van der Waals surface area contributed by atoms with Gasteiger partial charge < -0.3 is 0 Å². The first-order valence-corrected chi connectivity index (χ1v) is 11.3. The Morgan fingerprint density at radius 3 is 2.86 bits per heavy atom. The Morgan fingerprint density at radius 1 is 1.07 bits per heavy atom. The molecule has 2 aliphatic rings. The van der Waals surface area contributed by atoms with Gasteiger partial charge in [-0.3, -0.25) is 9.88 Å². The highest BCUT2D eigenvalue weighted by atomic mass is 32.1. The molecule has 28 heavy (non-hydrogen) atoms. The molecule has 3 aromatic heterocycles. The van der Waals surface area contributed by atoms with E-state index >= 15 is 0 Å². The van der Waals surface area contributed by atoms with Crippen molar-refractivity contribution in [3.8, 4) is 11.3 Å². The maximum atomic E-state index is 4.97. The second-order valence-electron chi connectivity index (χ2n) is 8.02. The van der Waals surface area contributed by atoms with E-state index in [1.54, 1.807) is 11.3 Å². The van der Waals surface area contributed by atoms with Gasteiger partial charge in [-0.15, -0.1) is 0 Å². The Bertz CT molecular complexity index is 932. The van der Waals surface area contributed by atoms with Crippen LogP contribution in [0.4, 0.5) is 0 Å². The van der Waals surface area contributed by atoms with E-state index in [9.17, 15) is 0 Å². The fraction of sp³-hybridized carbons (Fsp3) is 0.435. The molecule has 0 unspecified atom stereocenters. The van der Waals surface area contributed by atoms with Gasteiger partial charge in [-0.1, -0.05) is 25.3 Å². The monoisotopic (exact) mass is 390 g/mol. The molecule has 0 aromatic carbocycles. The van der Waals surface area contributed by atoms with Gasteiger partial charge in [-0.25, -0.2) is 9.97 Å². The molecule has 1 saturated carbocycles. The van der Waals surface area contributed by atoms with Crippen LogP contribution in [-0.4, -0.2) is 26.4 Å². The topological polar surface area (TPSA) is 41.9 Å². The van der Waals surface area contributed by atoms with Crippen LogP contribution in [-0.2, 0) is 19.5 Å². The summed E-state index contributed by atoms with van der Waals surface area (Å²) in [6.07, 6.45) is 9.66. The lowest BCUT2D eigenvalue weighted by atomic mass is 9.88. The lowest BCUT2D eigenvalue weighted by Gasteiger charge is -2.29. The first-order chi connectivity index (χ1) is 13.8. The van der Waals surface area contributed by atoms with Gasteiger partial charge in [0.2, 0.25) is 0 Å².